The minimum Gasteiger partial charge on any atom is -0.382 e. The van der Waals surface area contributed by atoms with E-state index in [4.69, 9.17) is 4.74 Å². The van der Waals surface area contributed by atoms with Gasteiger partial charge in [0.05, 0.1) is 12.2 Å². The van der Waals surface area contributed by atoms with E-state index < -0.39 is 0 Å². The number of nitrogens with one attached hydrogen (secondary N) is 2. The largest absolute Gasteiger partial charge is 0.382 e. The molecule has 0 saturated heterocycles. The summed E-state index contributed by atoms with van der Waals surface area (Å²) >= 11 is 1.63. The van der Waals surface area contributed by atoms with Crippen molar-refractivity contribution in [1.82, 2.24) is 20.0 Å². The Morgan fingerprint density at radius 3 is 3.15 bits per heavy atom. The first-order valence-electron chi connectivity index (χ1n) is 6.76. The first kappa shape index (κ1) is 14.8. The Morgan fingerprint density at radius 1 is 1.50 bits per heavy atom. The molecule has 6 nitrogen and oxygen atoms in total. The van der Waals surface area contributed by atoms with Crippen LogP contribution in [0.1, 0.15) is 19.0 Å². The van der Waals surface area contributed by atoms with Gasteiger partial charge in [-0.2, -0.15) is 0 Å². The Balaban J connectivity index is 1.72. The highest BCUT2D eigenvalue weighted by molar-refractivity contribution is 7.15. The predicted octanol–water partition coefficient (Wildman–Crippen LogP) is 1.49. The molecule has 0 aliphatic rings. The normalized spacial score (nSPS) is 12.0. The lowest BCUT2D eigenvalue weighted by atomic mass is 10.4. The summed E-state index contributed by atoms with van der Waals surface area (Å²) < 4.78 is 7.32. The van der Waals surface area contributed by atoms with Gasteiger partial charge in [0.15, 0.2) is 10.9 Å². The van der Waals surface area contributed by atoms with Crippen molar-refractivity contribution in [2.45, 2.75) is 19.9 Å². The van der Waals surface area contributed by atoms with Crippen molar-refractivity contribution in [2.24, 2.45) is 4.99 Å². The number of rotatable bonds is 7. The number of imidazole rings is 1. The van der Waals surface area contributed by atoms with Crippen LogP contribution < -0.4 is 10.6 Å². The fourth-order valence-electron chi connectivity index (χ4n) is 1.78. The molecule has 0 aliphatic heterocycles. The van der Waals surface area contributed by atoms with Crippen molar-refractivity contribution in [1.29, 1.82) is 0 Å². The molecule has 2 aromatic heterocycles. The molecule has 7 heteroatoms. The Morgan fingerprint density at radius 2 is 2.40 bits per heavy atom. The topological polar surface area (TPSA) is 63.0 Å². The number of nitrogens with zero attached hydrogens (tertiary/aromatic N) is 3. The lowest BCUT2D eigenvalue weighted by Crippen LogP contribution is -2.37. The molecule has 0 aromatic carbocycles. The zero-order chi connectivity index (χ0) is 14.2. The number of ether oxygens (including phenoxy) is 1. The fraction of sp³-hybridized carbons (Fsp3) is 0.538. The van der Waals surface area contributed by atoms with Crippen LogP contribution in [0.2, 0.25) is 0 Å². The maximum atomic E-state index is 5.29. The van der Waals surface area contributed by atoms with Crippen molar-refractivity contribution < 1.29 is 4.74 Å². The van der Waals surface area contributed by atoms with Gasteiger partial charge >= 0.3 is 0 Å². The molecule has 0 unspecified atom stereocenters. The fourth-order valence-corrected chi connectivity index (χ4v) is 2.50. The van der Waals surface area contributed by atoms with Gasteiger partial charge < -0.3 is 15.4 Å². The third-order valence-corrected chi connectivity index (χ3v) is 3.54. The SMILES string of the molecule is CCOCCCNC(=NC)NCc1cn2ccsc2n1. The van der Waals surface area contributed by atoms with Gasteiger partial charge in [-0.15, -0.1) is 11.3 Å². The molecule has 0 aliphatic carbocycles. The second-order valence-electron chi connectivity index (χ2n) is 4.23. The number of fused-ring (bicyclic) bond motifs is 1. The van der Waals surface area contributed by atoms with Crippen molar-refractivity contribution in [3.8, 4) is 0 Å². The van der Waals surface area contributed by atoms with Crippen LogP contribution in [0.3, 0.4) is 0 Å². The van der Waals surface area contributed by atoms with Gasteiger partial charge in [-0.3, -0.25) is 9.39 Å². The first-order valence-corrected chi connectivity index (χ1v) is 7.64. The molecular weight excluding hydrogens is 274 g/mol. The van der Waals surface area contributed by atoms with E-state index in [2.05, 4.69) is 20.6 Å². The number of hydrogen-bond donors (Lipinski definition) is 2. The number of hydrogen-bond acceptors (Lipinski definition) is 4. The van der Waals surface area contributed by atoms with Crippen LogP contribution >= 0.6 is 11.3 Å². The summed E-state index contributed by atoms with van der Waals surface area (Å²) in [7, 11) is 1.77. The smallest absolute Gasteiger partial charge is 0.193 e. The molecule has 0 atom stereocenters. The van der Waals surface area contributed by atoms with Crippen molar-refractivity contribution >= 4 is 22.3 Å². The third kappa shape index (κ3) is 4.21. The molecule has 20 heavy (non-hydrogen) atoms. The lowest BCUT2D eigenvalue weighted by Gasteiger charge is -2.10. The Kier molecular flexibility index (Phi) is 5.82. The molecule has 0 fully saturated rings. The number of guanidine groups is 1. The van der Waals surface area contributed by atoms with E-state index in [1.54, 1.807) is 18.4 Å². The van der Waals surface area contributed by atoms with Crippen LogP contribution in [0.15, 0.2) is 22.8 Å². The summed E-state index contributed by atoms with van der Waals surface area (Å²) in [5, 5.41) is 8.53. The summed E-state index contributed by atoms with van der Waals surface area (Å²) in [6.45, 7) is 5.06. The van der Waals surface area contributed by atoms with E-state index in [-0.39, 0.29) is 0 Å². The summed E-state index contributed by atoms with van der Waals surface area (Å²) in [5.74, 6) is 0.790. The number of aromatic nitrogens is 2. The molecule has 0 amide bonds. The molecule has 0 radical (unpaired) electrons. The molecule has 2 rings (SSSR count). The summed E-state index contributed by atoms with van der Waals surface area (Å²) in [4.78, 5) is 9.72. The standard InChI is InChI=1S/C13H21N5OS/c1-3-19-7-4-5-15-12(14-2)16-9-11-10-18-6-8-20-13(18)17-11/h6,8,10H,3-5,7,9H2,1-2H3,(H2,14,15,16). The van der Waals surface area contributed by atoms with E-state index >= 15 is 0 Å². The van der Waals surface area contributed by atoms with Crippen LogP contribution in [0, 0.1) is 0 Å². The summed E-state index contributed by atoms with van der Waals surface area (Å²) in [5.41, 5.74) is 1.01. The van der Waals surface area contributed by atoms with Gasteiger partial charge in [-0.1, -0.05) is 0 Å². The van der Waals surface area contributed by atoms with Crippen LogP contribution in [0.5, 0.6) is 0 Å². The van der Waals surface area contributed by atoms with Gasteiger partial charge in [-0.05, 0) is 13.3 Å². The number of aliphatic imine (C=N–C) groups is 1. The molecule has 110 valence electrons. The summed E-state index contributed by atoms with van der Waals surface area (Å²) in [6.07, 6.45) is 5.01. The monoisotopic (exact) mass is 295 g/mol. The second-order valence-corrected chi connectivity index (χ2v) is 5.10. The first-order chi connectivity index (χ1) is 9.83. The van der Waals surface area contributed by atoms with E-state index in [1.807, 2.05) is 29.1 Å². The van der Waals surface area contributed by atoms with Gasteiger partial charge in [0.1, 0.15) is 0 Å². The van der Waals surface area contributed by atoms with E-state index in [9.17, 15) is 0 Å². The average Bonchev–Trinajstić information content (AvgIpc) is 3.03. The Labute approximate surface area is 122 Å². The van der Waals surface area contributed by atoms with Gasteiger partial charge in [0.25, 0.3) is 0 Å². The highest BCUT2D eigenvalue weighted by atomic mass is 32.1. The molecule has 2 heterocycles. The highest BCUT2D eigenvalue weighted by Crippen LogP contribution is 2.10. The van der Waals surface area contributed by atoms with Gasteiger partial charge in [-0.25, -0.2) is 4.98 Å². The van der Waals surface area contributed by atoms with Crippen LogP contribution in [-0.4, -0.2) is 42.2 Å². The van der Waals surface area contributed by atoms with E-state index in [1.165, 1.54) is 0 Å². The van der Waals surface area contributed by atoms with Crippen molar-refractivity contribution in [3.63, 3.8) is 0 Å². The van der Waals surface area contributed by atoms with Crippen molar-refractivity contribution in [2.75, 3.05) is 26.8 Å². The van der Waals surface area contributed by atoms with Crippen molar-refractivity contribution in [3.05, 3.63) is 23.5 Å². The maximum Gasteiger partial charge on any atom is 0.193 e. The van der Waals surface area contributed by atoms with Gasteiger partial charge in [0, 0.05) is 44.6 Å². The Bertz CT molecular complexity index is 519. The second kappa shape index (κ2) is 7.86. The maximum absolute atomic E-state index is 5.29. The molecule has 2 aromatic rings. The zero-order valence-corrected chi connectivity index (χ0v) is 12.7. The third-order valence-electron chi connectivity index (χ3n) is 2.77. The quantitative estimate of drug-likeness (QED) is 0.461. The van der Waals surface area contributed by atoms with Gasteiger partial charge in [0.2, 0.25) is 0 Å². The van der Waals surface area contributed by atoms with E-state index in [0.29, 0.717) is 6.54 Å². The molecule has 2 N–H and O–H groups in total. The number of thiazole rings is 1. The molecule has 0 saturated carbocycles. The summed E-state index contributed by atoms with van der Waals surface area (Å²) in [6, 6.07) is 0. The predicted molar refractivity (Wildman–Crippen MR) is 82.4 cm³/mol. The zero-order valence-electron chi connectivity index (χ0n) is 11.9. The minimum absolute atomic E-state index is 0.666. The van der Waals surface area contributed by atoms with Crippen LogP contribution in [-0.2, 0) is 11.3 Å². The minimum atomic E-state index is 0.666. The van der Waals surface area contributed by atoms with Crippen LogP contribution in [0.25, 0.3) is 4.96 Å². The Hall–Kier alpha value is -1.60. The lowest BCUT2D eigenvalue weighted by molar-refractivity contribution is 0.145. The van der Waals surface area contributed by atoms with Crippen LogP contribution in [0.4, 0.5) is 0 Å². The molecular formula is C13H21N5OS. The average molecular weight is 295 g/mol. The molecule has 0 spiro atoms. The molecule has 0 bridgehead atoms. The van der Waals surface area contributed by atoms with E-state index in [0.717, 1.165) is 42.8 Å². The highest BCUT2D eigenvalue weighted by Gasteiger charge is 2.03.